The summed E-state index contributed by atoms with van der Waals surface area (Å²) >= 11 is 0. The van der Waals surface area contributed by atoms with E-state index in [2.05, 4.69) is 10.0 Å². The Balaban J connectivity index is 1.86. The van der Waals surface area contributed by atoms with E-state index in [0.29, 0.717) is 11.6 Å². The van der Waals surface area contributed by atoms with E-state index in [-0.39, 0.29) is 11.9 Å². The predicted molar refractivity (Wildman–Crippen MR) is 99.7 cm³/mol. The van der Waals surface area contributed by atoms with Crippen molar-refractivity contribution in [1.82, 2.24) is 4.90 Å². The molecule has 0 amide bonds. The Morgan fingerprint density at radius 1 is 1.12 bits per heavy atom. The number of benzene rings is 2. The molecule has 134 valence electrons. The van der Waals surface area contributed by atoms with Crippen molar-refractivity contribution in [2.45, 2.75) is 19.5 Å². The number of fused-ring (bicyclic) bond motifs is 3. The molecule has 2 heterocycles. The van der Waals surface area contributed by atoms with E-state index in [9.17, 15) is 4.79 Å². The first-order valence-electron chi connectivity index (χ1n) is 8.59. The highest BCUT2D eigenvalue weighted by molar-refractivity contribution is 6.38. The lowest BCUT2D eigenvalue weighted by molar-refractivity contribution is -0.111. The number of hydrazone groups is 1. The molecular weight excluding hydrogens is 330 g/mol. The van der Waals surface area contributed by atoms with Crippen LogP contribution >= 0.6 is 0 Å². The van der Waals surface area contributed by atoms with Crippen molar-refractivity contribution in [3.8, 4) is 11.5 Å². The van der Waals surface area contributed by atoms with E-state index in [1.54, 1.807) is 21.1 Å². The van der Waals surface area contributed by atoms with Crippen molar-refractivity contribution in [1.29, 1.82) is 0 Å². The number of hydrogen-bond acceptors (Lipinski definition) is 6. The Labute approximate surface area is 152 Å². The third-order valence-electron chi connectivity index (χ3n) is 4.88. The van der Waals surface area contributed by atoms with Gasteiger partial charge in [0.1, 0.15) is 0 Å². The Kier molecular flexibility index (Phi) is 4.03. The molecule has 1 unspecified atom stereocenters. The SMILES string of the molecule is COc1cc2c(cc1OC)C1N(CC2)C(C(C)=O)=NN1c1ccccc1. The van der Waals surface area contributed by atoms with Crippen molar-refractivity contribution in [3.63, 3.8) is 0 Å². The third-order valence-corrected chi connectivity index (χ3v) is 4.88. The zero-order chi connectivity index (χ0) is 18.3. The van der Waals surface area contributed by atoms with Crippen molar-refractivity contribution in [2.75, 3.05) is 25.8 Å². The second-order valence-corrected chi connectivity index (χ2v) is 6.38. The van der Waals surface area contributed by atoms with Gasteiger partial charge in [0.15, 0.2) is 29.3 Å². The van der Waals surface area contributed by atoms with Gasteiger partial charge in [-0.25, -0.2) is 5.01 Å². The molecule has 0 N–H and O–H groups in total. The first-order chi connectivity index (χ1) is 12.6. The first-order valence-corrected chi connectivity index (χ1v) is 8.59. The lowest BCUT2D eigenvalue weighted by Crippen LogP contribution is -2.42. The van der Waals surface area contributed by atoms with E-state index < -0.39 is 0 Å². The zero-order valence-electron chi connectivity index (χ0n) is 15.1. The minimum atomic E-state index is -0.167. The van der Waals surface area contributed by atoms with Gasteiger partial charge in [0.25, 0.3) is 0 Å². The molecule has 0 fully saturated rings. The van der Waals surface area contributed by atoms with Crippen molar-refractivity contribution >= 4 is 17.3 Å². The number of anilines is 1. The van der Waals surface area contributed by atoms with Gasteiger partial charge < -0.3 is 14.4 Å². The summed E-state index contributed by atoms with van der Waals surface area (Å²) in [5, 5.41) is 6.57. The van der Waals surface area contributed by atoms with Gasteiger partial charge in [-0.2, -0.15) is 0 Å². The molecule has 2 aromatic carbocycles. The quantitative estimate of drug-likeness (QED) is 0.848. The molecule has 1 atom stereocenters. The molecule has 0 radical (unpaired) electrons. The van der Waals surface area contributed by atoms with E-state index in [0.717, 1.165) is 30.0 Å². The molecule has 6 nitrogen and oxygen atoms in total. The average molecular weight is 351 g/mol. The van der Waals surface area contributed by atoms with E-state index in [1.165, 1.54) is 5.56 Å². The average Bonchev–Trinajstić information content (AvgIpc) is 3.07. The second kappa shape index (κ2) is 6.37. The fraction of sp³-hybridized carbons (Fsp3) is 0.300. The van der Waals surface area contributed by atoms with Crippen LogP contribution in [0.5, 0.6) is 11.5 Å². The largest absolute Gasteiger partial charge is 0.493 e. The van der Waals surface area contributed by atoms with Crippen LogP contribution in [0.1, 0.15) is 24.2 Å². The van der Waals surface area contributed by atoms with Gasteiger partial charge in [-0.15, -0.1) is 5.10 Å². The molecule has 0 saturated carbocycles. The molecule has 26 heavy (non-hydrogen) atoms. The number of nitrogens with zero attached hydrogens (tertiary/aromatic N) is 3. The van der Waals surface area contributed by atoms with Crippen LogP contribution in [0.3, 0.4) is 0 Å². The van der Waals surface area contributed by atoms with E-state index >= 15 is 0 Å². The van der Waals surface area contributed by atoms with Crippen LogP contribution in [0.4, 0.5) is 5.69 Å². The van der Waals surface area contributed by atoms with Gasteiger partial charge >= 0.3 is 0 Å². The van der Waals surface area contributed by atoms with E-state index in [1.807, 2.05) is 47.5 Å². The van der Waals surface area contributed by atoms with Gasteiger partial charge in [-0.1, -0.05) is 18.2 Å². The normalized spacial score (nSPS) is 18.1. The van der Waals surface area contributed by atoms with E-state index in [4.69, 9.17) is 9.47 Å². The Morgan fingerprint density at radius 2 is 1.81 bits per heavy atom. The summed E-state index contributed by atoms with van der Waals surface area (Å²) in [6.07, 6.45) is 0.654. The molecule has 2 aromatic rings. The number of ketones is 1. The topological polar surface area (TPSA) is 54.4 Å². The fourth-order valence-electron chi connectivity index (χ4n) is 3.68. The minimum absolute atomic E-state index is 0.0302. The number of hydrogen-bond donors (Lipinski definition) is 0. The summed E-state index contributed by atoms with van der Waals surface area (Å²) in [6, 6.07) is 13.9. The molecule has 0 aliphatic carbocycles. The van der Waals surface area contributed by atoms with Crippen molar-refractivity contribution in [2.24, 2.45) is 5.10 Å². The number of Topliss-reactive ketones (excluding diaryl/α,β-unsaturated/α-hetero) is 1. The molecule has 0 saturated heterocycles. The standard InChI is InChI=1S/C20H21N3O3/c1-13(24)19-21-23(15-7-5-4-6-8-15)20-16-12-18(26-3)17(25-2)11-14(16)9-10-22(19)20/h4-8,11-12,20H,9-10H2,1-3H3. The van der Waals surface area contributed by atoms with Gasteiger partial charge in [0.05, 0.1) is 19.9 Å². The molecule has 2 aliphatic heterocycles. The maximum Gasteiger partial charge on any atom is 0.196 e. The van der Waals surface area contributed by atoms with Crippen molar-refractivity contribution in [3.05, 3.63) is 53.6 Å². The van der Waals surface area contributed by atoms with Crippen LogP contribution in [-0.4, -0.2) is 37.3 Å². The molecular formula is C20H21N3O3. The molecule has 0 aromatic heterocycles. The Morgan fingerprint density at radius 3 is 2.46 bits per heavy atom. The number of ether oxygens (including phenoxy) is 2. The molecule has 6 heteroatoms. The molecule has 4 rings (SSSR count). The first kappa shape index (κ1) is 16.4. The summed E-state index contributed by atoms with van der Waals surface area (Å²) in [5.74, 6) is 1.87. The molecule has 2 aliphatic rings. The van der Waals surface area contributed by atoms with Crippen LogP contribution in [0, 0.1) is 0 Å². The monoisotopic (exact) mass is 351 g/mol. The summed E-state index contributed by atoms with van der Waals surface area (Å²) in [5.41, 5.74) is 3.21. The maximum atomic E-state index is 12.2. The van der Waals surface area contributed by atoms with Crippen LogP contribution in [0.25, 0.3) is 0 Å². The van der Waals surface area contributed by atoms with Crippen LogP contribution in [0.2, 0.25) is 0 Å². The third kappa shape index (κ3) is 2.49. The highest BCUT2D eigenvalue weighted by atomic mass is 16.5. The highest BCUT2D eigenvalue weighted by Gasteiger charge is 2.41. The Bertz CT molecular complexity index is 879. The summed E-state index contributed by atoms with van der Waals surface area (Å²) in [7, 11) is 3.27. The van der Waals surface area contributed by atoms with Crippen LogP contribution in [-0.2, 0) is 11.2 Å². The highest BCUT2D eigenvalue weighted by Crippen LogP contribution is 2.43. The fourth-order valence-corrected chi connectivity index (χ4v) is 3.68. The summed E-state index contributed by atoms with van der Waals surface area (Å²) in [6.45, 7) is 2.30. The summed E-state index contributed by atoms with van der Waals surface area (Å²) < 4.78 is 10.9. The number of rotatable bonds is 4. The number of carbonyl (C=O) groups is 1. The Hall–Kier alpha value is -3.02. The maximum absolute atomic E-state index is 12.2. The van der Waals surface area contributed by atoms with Crippen LogP contribution in [0.15, 0.2) is 47.6 Å². The second-order valence-electron chi connectivity index (χ2n) is 6.38. The van der Waals surface area contributed by atoms with Crippen LogP contribution < -0.4 is 14.5 Å². The number of methoxy groups -OCH3 is 2. The van der Waals surface area contributed by atoms with Gasteiger partial charge in [0, 0.05) is 19.0 Å². The van der Waals surface area contributed by atoms with Gasteiger partial charge in [0.2, 0.25) is 0 Å². The number of para-hydroxylation sites is 1. The summed E-state index contributed by atoms with van der Waals surface area (Å²) in [4.78, 5) is 14.2. The smallest absolute Gasteiger partial charge is 0.196 e. The minimum Gasteiger partial charge on any atom is -0.493 e. The van der Waals surface area contributed by atoms with Gasteiger partial charge in [-0.3, -0.25) is 4.79 Å². The lowest BCUT2D eigenvalue weighted by atomic mass is 9.95. The lowest BCUT2D eigenvalue weighted by Gasteiger charge is -2.37. The van der Waals surface area contributed by atoms with Gasteiger partial charge in [-0.05, 0) is 36.2 Å². The molecule has 0 bridgehead atoms. The number of amidine groups is 1. The zero-order valence-corrected chi connectivity index (χ0v) is 15.1. The molecule has 0 spiro atoms. The number of carbonyl (C=O) groups excluding carboxylic acids is 1. The predicted octanol–water partition coefficient (Wildman–Crippen LogP) is 2.98. The van der Waals surface area contributed by atoms with Crippen molar-refractivity contribution < 1.29 is 14.3 Å².